The molecule has 1 aliphatic rings. The fourth-order valence-electron chi connectivity index (χ4n) is 0.671. The zero-order valence-electron chi connectivity index (χ0n) is 7.98. The van der Waals surface area contributed by atoms with E-state index in [2.05, 4.69) is 10.9 Å². The van der Waals surface area contributed by atoms with Gasteiger partial charge in [0.15, 0.2) is 0 Å². The molecule has 5 nitrogen and oxygen atoms in total. The fraction of sp³-hybridized carbons (Fsp3) is 0.250. The van der Waals surface area contributed by atoms with Crippen molar-refractivity contribution >= 4 is 35.8 Å². The maximum Gasteiger partial charge on any atom is 0.438 e. The molecule has 82 valence electrons. The maximum atomic E-state index is 11.0. The summed E-state index contributed by atoms with van der Waals surface area (Å²) >= 11 is 2.54. The van der Waals surface area contributed by atoms with E-state index in [9.17, 15) is 9.59 Å². The predicted octanol–water partition coefficient (Wildman–Crippen LogP) is 1.56. The normalized spacial score (nSPS) is 14.1. The molecule has 1 heterocycles. The number of rotatable bonds is 2. The second-order valence-corrected chi connectivity index (χ2v) is 4.58. The van der Waals surface area contributed by atoms with Gasteiger partial charge in [-0.25, -0.2) is 10.2 Å². The number of carbonyl (C=O) groups is 2. The molecule has 2 amide bonds. The molecule has 0 radical (unpaired) electrons. The first kappa shape index (κ1) is 12.0. The van der Waals surface area contributed by atoms with Crippen molar-refractivity contribution < 1.29 is 13.8 Å². The molecule has 7 heteroatoms. The number of nitrogens with one attached hydrogen (secondary N) is 2. The highest BCUT2D eigenvalue weighted by Gasteiger charge is 2.07. The summed E-state index contributed by atoms with van der Waals surface area (Å²) in [6, 6.07) is 0. The van der Waals surface area contributed by atoms with E-state index in [-0.39, 0.29) is 5.91 Å². The van der Waals surface area contributed by atoms with Gasteiger partial charge in [0.2, 0.25) is 5.91 Å². The Hall–Kier alpha value is -1.08. The van der Waals surface area contributed by atoms with Crippen molar-refractivity contribution in [1.82, 2.24) is 10.9 Å². The van der Waals surface area contributed by atoms with Crippen LogP contribution in [0, 0.1) is 0 Å². The van der Waals surface area contributed by atoms with E-state index in [4.69, 9.17) is 4.18 Å². The first-order chi connectivity index (χ1) is 7.18. The summed E-state index contributed by atoms with van der Waals surface area (Å²) < 4.78 is 5.66. The lowest BCUT2D eigenvalue weighted by molar-refractivity contribution is -0.119. The molecule has 2 N–H and O–H groups in total. The van der Waals surface area contributed by atoms with Gasteiger partial charge in [0, 0.05) is 12.7 Å². The molecule has 0 saturated heterocycles. The highest BCUT2D eigenvalue weighted by atomic mass is 32.2. The van der Waals surface area contributed by atoms with Crippen LogP contribution >= 0.6 is 23.8 Å². The Labute approximate surface area is 95.9 Å². The van der Waals surface area contributed by atoms with Gasteiger partial charge in [-0.1, -0.05) is 12.2 Å². The van der Waals surface area contributed by atoms with Crippen molar-refractivity contribution in [1.29, 1.82) is 0 Å². The fourth-order valence-corrected chi connectivity index (χ4v) is 2.05. The molecule has 0 atom stereocenters. The second-order valence-electron chi connectivity index (χ2n) is 2.49. The van der Waals surface area contributed by atoms with Crippen molar-refractivity contribution in [2.75, 3.05) is 5.75 Å². The standard InChI is InChI=1S/C8H10N2O3S2/c1-6(11)9-10-8(12)13-15-7-4-2-3-5-14-7/h2-4H,5H2,1H3,(H,9,11)(H,10,12). The lowest BCUT2D eigenvalue weighted by Crippen LogP contribution is -2.39. The minimum atomic E-state index is -0.703. The molecule has 1 aliphatic heterocycles. The third-order valence-corrected chi connectivity index (χ3v) is 3.10. The Morgan fingerprint density at radius 2 is 2.33 bits per heavy atom. The summed E-state index contributed by atoms with van der Waals surface area (Å²) in [6.45, 7) is 1.29. The number of carbonyl (C=O) groups excluding carboxylic acids is 2. The van der Waals surface area contributed by atoms with Crippen LogP contribution in [-0.2, 0) is 8.98 Å². The average Bonchev–Trinajstić information content (AvgIpc) is 2.25. The van der Waals surface area contributed by atoms with Crippen LogP contribution in [-0.4, -0.2) is 17.8 Å². The number of amides is 2. The van der Waals surface area contributed by atoms with Gasteiger partial charge in [0.1, 0.15) is 12.0 Å². The Bertz CT molecular complexity index is 315. The van der Waals surface area contributed by atoms with E-state index in [1.807, 2.05) is 18.2 Å². The van der Waals surface area contributed by atoms with Crippen molar-refractivity contribution in [3.8, 4) is 0 Å². The molecule has 0 saturated carbocycles. The molecular weight excluding hydrogens is 236 g/mol. The lowest BCUT2D eigenvalue weighted by atomic mass is 10.5. The highest BCUT2D eigenvalue weighted by Crippen LogP contribution is 2.31. The summed E-state index contributed by atoms with van der Waals surface area (Å²) in [5.74, 6) is 0.515. The summed E-state index contributed by atoms with van der Waals surface area (Å²) in [6.07, 6.45) is 5.05. The Balaban J connectivity index is 2.19. The van der Waals surface area contributed by atoms with Crippen molar-refractivity contribution in [2.45, 2.75) is 6.92 Å². The third-order valence-electron chi connectivity index (χ3n) is 1.23. The van der Waals surface area contributed by atoms with Crippen LogP contribution in [0.15, 0.2) is 22.5 Å². The highest BCUT2D eigenvalue weighted by molar-refractivity contribution is 8.20. The monoisotopic (exact) mass is 246 g/mol. The number of hydrogen-bond acceptors (Lipinski definition) is 5. The van der Waals surface area contributed by atoms with Gasteiger partial charge in [0.05, 0.1) is 4.24 Å². The van der Waals surface area contributed by atoms with E-state index in [0.717, 1.165) is 22.0 Å². The van der Waals surface area contributed by atoms with Gasteiger partial charge in [-0.2, -0.15) is 0 Å². The Morgan fingerprint density at radius 3 is 2.93 bits per heavy atom. The molecular formula is C8H10N2O3S2. The van der Waals surface area contributed by atoms with Crippen LogP contribution < -0.4 is 10.9 Å². The van der Waals surface area contributed by atoms with E-state index in [1.165, 1.54) is 6.92 Å². The predicted molar refractivity (Wildman–Crippen MR) is 60.7 cm³/mol. The van der Waals surface area contributed by atoms with Crippen molar-refractivity contribution in [2.24, 2.45) is 0 Å². The maximum absolute atomic E-state index is 11.0. The van der Waals surface area contributed by atoms with Crippen molar-refractivity contribution in [3.63, 3.8) is 0 Å². The van der Waals surface area contributed by atoms with Gasteiger partial charge >= 0.3 is 6.09 Å². The van der Waals surface area contributed by atoms with E-state index < -0.39 is 6.09 Å². The largest absolute Gasteiger partial charge is 0.438 e. The zero-order chi connectivity index (χ0) is 11.1. The summed E-state index contributed by atoms with van der Waals surface area (Å²) in [7, 11) is 0. The first-order valence-electron chi connectivity index (χ1n) is 4.09. The molecule has 0 aliphatic carbocycles. The Kier molecular flexibility index (Phi) is 5.13. The molecule has 1 rings (SSSR count). The summed E-state index contributed by atoms with van der Waals surface area (Å²) in [5.41, 5.74) is 4.20. The molecule has 0 aromatic carbocycles. The number of allylic oxidation sites excluding steroid dienone is 2. The molecule has 0 unspecified atom stereocenters. The number of hydrogen-bond donors (Lipinski definition) is 2. The van der Waals surface area contributed by atoms with Crippen LogP contribution in [0.5, 0.6) is 0 Å². The molecule has 15 heavy (non-hydrogen) atoms. The minimum Gasteiger partial charge on any atom is -0.368 e. The van der Waals surface area contributed by atoms with E-state index in [1.54, 1.807) is 11.8 Å². The van der Waals surface area contributed by atoms with Gasteiger partial charge in [-0.05, 0) is 6.08 Å². The first-order valence-corrected chi connectivity index (χ1v) is 5.82. The van der Waals surface area contributed by atoms with Crippen molar-refractivity contribution in [3.05, 3.63) is 22.5 Å². The molecule has 0 fully saturated rings. The third kappa shape index (κ3) is 5.38. The van der Waals surface area contributed by atoms with Crippen LogP contribution in [0.4, 0.5) is 4.79 Å². The molecule has 0 spiro atoms. The second kappa shape index (κ2) is 6.41. The summed E-state index contributed by atoms with van der Waals surface area (Å²) in [4.78, 5) is 21.4. The van der Waals surface area contributed by atoms with Crippen LogP contribution in [0.25, 0.3) is 0 Å². The number of thioether (sulfide) groups is 1. The quantitative estimate of drug-likeness (QED) is 0.571. The SMILES string of the molecule is CC(=O)NNC(=O)OSC1=CC=CCS1. The van der Waals surface area contributed by atoms with Gasteiger partial charge < -0.3 is 4.18 Å². The van der Waals surface area contributed by atoms with E-state index in [0.29, 0.717) is 0 Å². The lowest BCUT2D eigenvalue weighted by Gasteiger charge is -2.08. The van der Waals surface area contributed by atoms with Crippen LogP contribution in [0.3, 0.4) is 0 Å². The summed E-state index contributed by atoms with van der Waals surface area (Å²) in [5, 5.41) is 0. The van der Waals surface area contributed by atoms with Crippen LogP contribution in [0.1, 0.15) is 6.92 Å². The molecule has 0 bridgehead atoms. The smallest absolute Gasteiger partial charge is 0.368 e. The molecule has 0 aromatic heterocycles. The van der Waals surface area contributed by atoms with Gasteiger partial charge in [-0.3, -0.25) is 10.2 Å². The number of hydrazine groups is 1. The van der Waals surface area contributed by atoms with Crippen LogP contribution in [0.2, 0.25) is 0 Å². The zero-order valence-corrected chi connectivity index (χ0v) is 9.61. The Morgan fingerprint density at radius 1 is 1.53 bits per heavy atom. The minimum absolute atomic E-state index is 0.355. The molecule has 0 aromatic rings. The van der Waals surface area contributed by atoms with E-state index >= 15 is 0 Å². The van der Waals surface area contributed by atoms with Gasteiger partial charge in [-0.15, -0.1) is 11.8 Å². The average molecular weight is 246 g/mol. The topological polar surface area (TPSA) is 67.4 Å². The van der Waals surface area contributed by atoms with Gasteiger partial charge in [0.25, 0.3) is 0 Å².